The Morgan fingerprint density at radius 3 is 2.56 bits per heavy atom. The monoisotopic (exact) mass is 254 g/mol. The molecule has 1 aliphatic rings. The lowest BCUT2D eigenvalue weighted by Crippen LogP contribution is -2.45. The summed E-state index contributed by atoms with van der Waals surface area (Å²) in [7, 11) is 0. The second kappa shape index (κ2) is 7.62. The molecule has 18 heavy (non-hydrogen) atoms. The van der Waals surface area contributed by atoms with E-state index < -0.39 is 0 Å². The fourth-order valence-corrected chi connectivity index (χ4v) is 2.51. The summed E-state index contributed by atoms with van der Waals surface area (Å²) in [5.41, 5.74) is 2.77. The van der Waals surface area contributed by atoms with Crippen LogP contribution in [0, 0.1) is 17.8 Å². The topological polar surface area (TPSA) is 53.6 Å². The molecule has 1 aliphatic heterocycles. The second-order valence-electron chi connectivity index (χ2n) is 6.12. The van der Waals surface area contributed by atoms with Crippen molar-refractivity contribution >= 4 is 5.96 Å². The fourth-order valence-electron chi connectivity index (χ4n) is 2.51. The van der Waals surface area contributed by atoms with Gasteiger partial charge >= 0.3 is 0 Å². The largest absolute Gasteiger partial charge is 0.342 e. The van der Waals surface area contributed by atoms with Gasteiger partial charge in [-0.1, -0.05) is 27.7 Å². The molecule has 1 fully saturated rings. The first-order valence-electron chi connectivity index (χ1n) is 7.30. The predicted molar refractivity (Wildman–Crippen MR) is 78.2 cm³/mol. The number of nitrogens with two attached hydrogens (primary N) is 1. The van der Waals surface area contributed by atoms with Crippen molar-refractivity contribution in [3.05, 3.63) is 0 Å². The van der Waals surface area contributed by atoms with E-state index in [1.807, 2.05) is 0 Å². The summed E-state index contributed by atoms with van der Waals surface area (Å²) in [6.07, 6.45) is 3.82. The van der Waals surface area contributed by atoms with Gasteiger partial charge in [0.05, 0.1) is 0 Å². The maximum absolute atomic E-state index is 5.61. The summed E-state index contributed by atoms with van der Waals surface area (Å²) < 4.78 is 0. The maximum Gasteiger partial charge on any atom is 0.208 e. The SMILES string of the molecule is CC(C)CN=C(NN)N1CCCC(C(C)C)CC1. The highest BCUT2D eigenvalue weighted by Gasteiger charge is 2.21. The van der Waals surface area contributed by atoms with Crippen molar-refractivity contribution in [2.24, 2.45) is 28.6 Å². The normalized spacial score (nSPS) is 22.5. The van der Waals surface area contributed by atoms with Crippen LogP contribution in [0.3, 0.4) is 0 Å². The van der Waals surface area contributed by atoms with Gasteiger partial charge in [-0.05, 0) is 37.0 Å². The lowest BCUT2D eigenvalue weighted by atomic mass is 9.89. The van der Waals surface area contributed by atoms with Gasteiger partial charge in [0.25, 0.3) is 0 Å². The van der Waals surface area contributed by atoms with Crippen LogP contribution < -0.4 is 11.3 Å². The van der Waals surface area contributed by atoms with Crippen LogP contribution >= 0.6 is 0 Å². The number of likely N-dealkylation sites (tertiary alicyclic amines) is 1. The number of aliphatic imine (C=N–C) groups is 1. The summed E-state index contributed by atoms with van der Waals surface area (Å²) >= 11 is 0. The Kier molecular flexibility index (Phi) is 6.47. The summed E-state index contributed by atoms with van der Waals surface area (Å²) in [5, 5.41) is 0. The van der Waals surface area contributed by atoms with E-state index in [1.165, 1.54) is 19.3 Å². The molecule has 0 amide bonds. The van der Waals surface area contributed by atoms with Crippen LogP contribution in [0.15, 0.2) is 4.99 Å². The third-order valence-corrected chi connectivity index (χ3v) is 3.75. The van der Waals surface area contributed by atoms with Crippen LogP contribution in [0.1, 0.15) is 47.0 Å². The summed E-state index contributed by atoms with van der Waals surface area (Å²) in [6.45, 7) is 12.0. The quantitative estimate of drug-likeness (QED) is 0.351. The molecule has 3 N–H and O–H groups in total. The Bertz CT molecular complexity index is 261. The molecule has 4 heteroatoms. The zero-order valence-electron chi connectivity index (χ0n) is 12.4. The van der Waals surface area contributed by atoms with E-state index in [0.29, 0.717) is 5.92 Å². The van der Waals surface area contributed by atoms with Crippen LogP contribution in [0.4, 0.5) is 0 Å². The van der Waals surface area contributed by atoms with E-state index in [4.69, 9.17) is 5.84 Å². The molecule has 1 saturated heterocycles. The Balaban J connectivity index is 2.57. The minimum Gasteiger partial charge on any atom is -0.342 e. The molecule has 0 radical (unpaired) electrons. The van der Waals surface area contributed by atoms with Crippen molar-refractivity contribution in [1.29, 1.82) is 0 Å². The first-order chi connectivity index (χ1) is 8.54. The summed E-state index contributed by atoms with van der Waals surface area (Å²) in [4.78, 5) is 6.89. The maximum atomic E-state index is 5.61. The average Bonchev–Trinajstić information content (AvgIpc) is 2.55. The second-order valence-corrected chi connectivity index (χ2v) is 6.12. The van der Waals surface area contributed by atoms with Gasteiger partial charge in [-0.25, -0.2) is 5.84 Å². The van der Waals surface area contributed by atoms with Crippen molar-refractivity contribution in [2.45, 2.75) is 47.0 Å². The number of hydrogen-bond donors (Lipinski definition) is 2. The van der Waals surface area contributed by atoms with Crippen LogP contribution in [-0.2, 0) is 0 Å². The van der Waals surface area contributed by atoms with Crippen molar-refractivity contribution in [3.63, 3.8) is 0 Å². The number of hydrazine groups is 1. The Morgan fingerprint density at radius 1 is 1.28 bits per heavy atom. The molecular weight excluding hydrogens is 224 g/mol. The molecule has 1 rings (SSSR count). The number of nitrogens with zero attached hydrogens (tertiary/aromatic N) is 2. The zero-order chi connectivity index (χ0) is 13.5. The van der Waals surface area contributed by atoms with Gasteiger partial charge in [0.2, 0.25) is 5.96 Å². The zero-order valence-corrected chi connectivity index (χ0v) is 12.4. The van der Waals surface area contributed by atoms with Crippen molar-refractivity contribution < 1.29 is 0 Å². The number of hydrogen-bond acceptors (Lipinski definition) is 2. The first kappa shape index (κ1) is 15.3. The summed E-state index contributed by atoms with van der Waals surface area (Å²) in [5.74, 6) is 8.68. The van der Waals surface area contributed by atoms with Gasteiger partial charge in [-0.3, -0.25) is 10.4 Å². The first-order valence-corrected chi connectivity index (χ1v) is 7.30. The van der Waals surface area contributed by atoms with Crippen LogP contribution in [-0.4, -0.2) is 30.5 Å². The van der Waals surface area contributed by atoms with Crippen molar-refractivity contribution in [1.82, 2.24) is 10.3 Å². The average molecular weight is 254 g/mol. The molecule has 1 atom stereocenters. The number of rotatable bonds is 3. The predicted octanol–water partition coefficient (Wildman–Crippen LogP) is 2.22. The highest BCUT2D eigenvalue weighted by Crippen LogP contribution is 2.24. The number of guanidine groups is 1. The molecule has 0 aromatic rings. The molecule has 106 valence electrons. The molecule has 4 nitrogen and oxygen atoms in total. The van der Waals surface area contributed by atoms with Gasteiger partial charge in [0.1, 0.15) is 0 Å². The number of nitrogens with one attached hydrogen (secondary N) is 1. The van der Waals surface area contributed by atoms with Gasteiger partial charge in [0, 0.05) is 19.6 Å². The van der Waals surface area contributed by atoms with E-state index in [0.717, 1.165) is 37.4 Å². The molecule has 0 saturated carbocycles. The van der Waals surface area contributed by atoms with Gasteiger partial charge in [0.15, 0.2) is 0 Å². The van der Waals surface area contributed by atoms with E-state index in [9.17, 15) is 0 Å². The standard InChI is InChI=1S/C14H30N4/c1-11(2)10-16-14(17-15)18-8-5-6-13(7-9-18)12(3)4/h11-13H,5-10,15H2,1-4H3,(H,16,17). The molecule has 0 aromatic heterocycles. The highest BCUT2D eigenvalue weighted by molar-refractivity contribution is 5.79. The highest BCUT2D eigenvalue weighted by atomic mass is 15.4. The van der Waals surface area contributed by atoms with Crippen molar-refractivity contribution in [3.8, 4) is 0 Å². The van der Waals surface area contributed by atoms with E-state index in [1.54, 1.807) is 0 Å². The minimum atomic E-state index is 0.573. The molecule has 1 unspecified atom stereocenters. The third-order valence-electron chi connectivity index (χ3n) is 3.75. The fraction of sp³-hybridized carbons (Fsp3) is 0.929. The van der Waals surface area contributed by atoms with E-state index >= 15 is 0 Å². The van der Waals surface area contributed by atoms with Crippen LogP contribution in [0.5, 0.6) is 0 Å². The lowest BCUT2D eigenvalue weighted by Gasteiger charge is -2.24. The Hall–Kier alpha value is -0.770. The Labute approximate surface area is 112 Å². The molecule has 0 bridgehead atoms. The van der Waals surface area contributed by atoms with Gasteiger partial charge in [-0.15, -0.1) is 0 Å². The molecule has 1 heterocycles. The smallest absolute Gasteiger partial charge is 0.208 e. The lowest BCUT2D eigenvalue weighted by molar-refractivity contribution is 0.338. The van der Waals surface area contributed by atoms with Crippen LogP contribution in [0.25, 0.3) is 0 Å². The molecule has 0 aromatic carbocycles. The van der Waals surface area contributed by atoms with Gasteiger partial charge < -0.3 is 4.90 Å². The van der Waals surface area contributed by atoms with Crippen LogP contribution in [0.2, 0.25) is 0 Å². The minimum absolute atomic E-state index is 0.573. The molecular formula is C14H30N4. The van der Waals surface area contributed by atoms with E-state index in [-0.39, 0.29) is 0 Å². The van der Waals surface area contributed by atoms with Gasteiger partial charge in [-0.2, -0.15) is 0 Å². The van der Waals surface area contributed by atoms with Crippen molar-refractivity contribution in [2.75, 3.05) is 19.6 Å². The van der Waals surface area contributed by atoms with E-state index in [2.05, 4.69) is 43.0 Å². The third kappa shape index (κ3) is 4.84. The summed E-state index contributed by atoms with van der Waals surface area (Å²) in [6, 6.07) is 0. The molecule has 0 spiro atoms. The molecule has 0 aliphatic carbocycles. The Morgan fingerprint density at radius 2 is 2.00 bits per heavy atom.